The van der Waals surface area contributed by atoms with Gasteiger partial charge in [0.15, 0.2) is 11.5 Å². The molecule has 0 saturated carbocycles. The molecule has 0 bridgehead atoms. The SMILES string of the molecule is COC(=O)CC(NC(=O)Cc1cc2c(cc1Br)OCCO2)c1ccccc1Cl. The van der Waals surface area contributed by atoms with Crippen LogP contribution in [-0.4, -0.2) is 32.2 Å². The molecule has 1 unspecified atom stereocenters. The van der Waals surface area contributed by atoms with E-state index in [1.165, 1.54) is 7.11 Å². The van der Waals surface area contributed by atoms with Crippen LogP contribution in [0.15, 0.2) is 40.9 Å². The lowest BCUT2D eigenvalue weighted by Crippen LogP contribution is -2.32. The van der Waals surface area contributed by atoms with Crippen molar-refractivity contribution in [2.45, 2.75) is 18.9 Å². The van der Waals surface area contributed by atoms with Crippen molar-refractivity contribution in [2.75, 3.05) is 20.3 Å². The van der Waals surface area contributed by atoms with Crippen molar-refractivity contribution in [1.82, 2.24) is 5.32 Å². The molecular weight excluding hydrogens is 450 g/mol. The summed E-state index contributed by atoms with van der Waals surface area (Å²) in [4.78, 5) is 24.5. The Kier molecular flexibility index (Phi) is 6.80. The smallest absolute Gasteiger partial charge is 0.307 e. The average molecular weight is 469 g/mol. The van der Waals surface area contributed by atoms with Crippen LogP contribution in [0, 0.1) is 0 Å². The molecule has 1 aliphatic heterocycles. The van der Waals surface area contributed by atoms with Crippen LogP contribution in [0.5, 0.6) is 11.5 Å². The van der Waals surface area contributed by atoms with Crippen molar-refractivity contribution in [2.24, 2.45) is 0 Å². The summed E-state index contributed by atoms with van der Waals surface area (Å²) in [5, 5.41) is 3.35. The van der Waals surface area contributed by atoms with E-state index in [1.807, 2.05) is 0 Å². The Morgan fingerprint density at radius 3 is 2.57 bits per heavy atom. The molecule has 148 valence electrons. The number of hydrogen-bond donors (Lipinski definition) is 1. The number of rotatable bonds is 6. The number of esters is 1. The predicted octanol–water partition coefficient (Wildman–Crippen LogP) is 3.84. The summed E-state index contributed by atoms with van der Waals surface area (Å²) in [7, 11) is 1.31. The zero-order valence-electron chi connectivity index (χ0n) is 15.2. The lowest BCUT2D eigenvalue weighted by atomic mass is 10.0. The lowest BCUT2D eigenvalue weighted by molar-refractivity contribution is -0.141. The van der Waals surface area contributed by atoms with Gasteiger partial charge in [0, 0.05) is 9.50 Å². The second-order valence-corrected chi connectivity index (χ2v) is 7.45. The summed E-state index contributed by atoms with van der Waals surface area (Å²) >= 11 is 9.72. The van der Waals surface area contributed by atoms with E-state index in [9.17, 15) is 9.59 Å². The second kappa shape index (κ2) is 9.30. The number of amides is 1. The van der Waals surface area contributed by atoms with E-state index in [0.717, 1.165) is 10.0 Å². The van der Waals surface area contributed by atoms with Crippen LogP contribution in [0.4, 0.5) is 0 Å². The van der Waals surface area contributed by atoms with Gasteiger partial charge in [-0.15, -0.1) is 0 Å². The molecule has 6 nitrogen and oxygen atoms in total. The van der Waals surface area contributed by atoms with E-state index in [2.05, 4.69) is 21.2 Å². The van der Waals surface area contributed by atoms with E-state index >= 15 is 0 Å². The molecule has 1 aliphatic rings. The van der Waals surface area contributed by atoms with Crippen molar-refractivity contribution in [1.29, 1.82) is 0 Å². The summed E-state index contributed by atoms with van der Waals surface area (Å²) in [6, 6.07) is 10.1. The number of ether oxygens (including phenoxy) is 3. The van der Waals surface area contributed by atoms with Crippen molar-refractivity contribution in [3.8, 4) is 11.5 Å². The first-order valence-electron chi connectivity index (χ1n) is 8.66. The summed E-state index contributed by atoms with van der Waals surface area (Å²) in [5.41, 5.74) is 1.40. The first-order chi connectivity index (χ1) is 13.5. The molecule has 0 spiro atoms. The van der Waals surface area contributed by atoms with Gasteiger partial charge in [0.25, 0.3) is 0 Å². The van der Waals surface area contributed by atoms with E-state index in [-0.39, 0.29) is 18.7 Å². The summed E-state index contributed by atoms with van der Waals surface area (Å²) < 4.78 is 16.6. The van der Waals surface area contributed by atoms with Gasteiger partial charge in [-0.1, -0.05) is 45.7 Å². The molecule has 1 amide bonds. The van der Waals surface area contributed by atoms with Gasteiger partial charge in [0.1, 0.15) is 13.2 Å². The highest BCUT2D eigenvalue weighted by molar-refractivity contribution is 9.10. The molecule has 0 radical (unpaired) electrons. The number of nitrogens with one attached hydrogen (secondary N) is 1. The molecular formula is C20H19BrClNO5. The molecule has 2 aromatic carbocycles. The van der Waals surface area contributed by atoms with Crippen molar-refractivity contribution in [3.63, 3.8) is 0 Å². The van der Waals surface area contributed by atoms with Gasteiger partial charge in [-0.3, -0.25) is 9.59 Å². The van der Waals surface area contributed by atoms with Crippen LogP contribution in [0.1, 0.15) is 23.6 Å². The zero-order valence-corrected chi connectivity index (χ0v) is 17.5. The van der Waals surface area contributed by atoms with Gasteiger partial charge in [0.05, 0.1) is 26.0 Å². The first-order valence-corrected chi connectivity index (χ1v) is 9.83. The van der Waals surface area contributed by atoms with Gasteiger partial charge in [-0.25, -0.2) is 0 Å². The van der Waals surface area contributed by atoms with Crippen LogP contribution >= 0.6 is 27.5 Å². The highest BCUT2D eigenvalue weighted by Gasteiger charge is 2.22. The normalized spacial score (nSPS) is 13.5. The number of carbonyl (C=O) groups excluding carboxylic acids is 2. The highest BCUT2D eigenvalue weighted by atomic mass is 79.9. The molecule has 0 saturated heterocycles. The highest BCUT2D eigenvalue weighted by Crippen LogP contribution is 2.36. The van der Waals surface area contributed by atoms with E-state index < -0.39 is 12.0 Å². The van der Waals surface area contributed by atoms with Gasteiger partial charge < -0.3 is 19.5 Å². The van der Waals surface area contributed by atoms with Crippen LogP contribution in [0.25, 0.3) is 0 Å². The molecule has 8 heteroatoms. The Labute approximate surface area is 176 Å². The Morgan fingerprint density at radius 1 is 1.21 bits per heavy atom. The van der Waals surface area contributed by atoms with Crippen LogP contribution in [0.3, 0.4) is 0 Å². The number of hydrogen-bond acceptors (Lipinski definition) is 5. The Morgan fingerprint density at radius 2 is 1.89 bits per heavy atom. The lowest BCUT2D eigenvalue weighted by Gasteiger charge is -2.21. The number of fused-ring (bicyclic) bond motifs is 1. The van der Waals surface area contributed by atoms with Crippen LogP contribution < -0.4 is 14.8 Å². The van der Waals surface area contributed by atoms with Gasteiger partial charge in [0.2, 0.25) is 5.91 Å². The largest absolute Gasteiger partial charge is 0.486 e. The third-order valence-electron chi connectivity index (χ3n) is 4.28. The van der Waals surface area contributed by atoms with E-state index in [4.69, 9.17) is 25.8 Å². The standard InChI is InChI=1S/C20H19BrClNO5/c1-26-20(25)11-16(13-4-2-3-5-15(13)22)23-19(24)9-12-8-17-18(10-14(12)21)28-7-6-27-17/h2-5,8,10,16H,6-7,9,11H2,1H3,(H,23,24). The molecule has 1 atom stereocenters. The molecule has 0 fully saturated rings. The van der Waals surface area contributed by atoms with Gasteiger partial charge >= 0.3 is 5.97 Å². The number of halogens is 2. The number of carbonyl (C=O) groups is 2. The minimum Gasteiger partial charge on any atom is -0.486 e. The molecule has 3 rings (SSSR count). The van der Waals surface area contributed by atoms with Crippen LogP contribution in [-0.2, 0) is 20.7 Å². The monoisotopic (exact) mass is 467 g/mol. The van der Waals surface area contributed by atoms with Crippen LogP contribution in [0.2, 0.25) is 5.02 Å². The summed E-state index contributed by atoms with van der Waals surface area (Å²) in [6.45, 7) is 0.959. The maximum Gasteiger partial charge on any atom is 0.307 e. The Balaban J connectivity index is 1.77. The van der Waals surface area contributed by atoms with E-state index in [0.29, 0.717) is 35.3 Å². The minimum absolute atomic E-state index is 0.0196. The third kappa shape index (κ3) is 4.97. The summed E-state index contributed by atoms with van der Waals surface area (Å²) in [5.74, 6) is 0.549. The quantitative estimate of drug-likeness (QED) is 0.652. The molecule has 0 aliphatic carbocycles. The minimum atomic E-state index is -0.593. The van der Waals surface area contributed by atoms with Crippen molar-refractivity contribution >= 4 is 39.4 Å². The molecule has 2 aromatic rings. The predicted molar refractivity (Wildman–Crippen MR) is 108 cm³/mol. The van der Waals surface area contributed by atoms with Gasteiger partial charge in [-0.05, 0) is 29.3 Å². The molecule has 28 heavy (non-hydrogen) atoms. The molecule has 1 heterocycles. The maximum absolute atomic E-state index is 12.7. The third-order valence-corrected chi connectivity index (χ3v) is 5.36. The number of benzene rings is 2. The maximum atomic E-state index is 12.7. The van der Waals surface area contributed by atoms with Crippen molar-refractivity contribution < 1.29 is 23.8 Å². The second-order valence-electron chi connectivity index (χ2n) is 6.19. The average Bonchev–Trinajstić information content (AvgIpc) is 2.68. The van der Waals surface area contributed by atoms with E-state index in [1.54, 1.807) is 36.4 Å². The topological polar surface area (TPSA) is 73.9 Å². The molecule has 0 aromatic heterocycles. The summed E-state index contributed by atoms with van der Waals surface area (Å²) in [6.07, 6.45) is 0.0770. The Hall–Kier alpha value is -2.25. The van der Waals surface area contributed by atoms with Crippen molar-refractivity contribution in [3.05, 3.63) is 57.0 Å². The zero-order chi connectivity index (χ0) is 20.1. The molecule has 1 N–H and O–H groups in total. The fraction of sp³-hybridized carbons (Fsp3) is 0.300. The van der Waals surface area contributed by atoms with Gasteiger partial charge in [-0.2, -0.15) is 0 Å². The fourth-order valence-corrected chi connectivity index (χ4v) is 3.64. The number of methoxy groups -OCH3 is 1. The Bertz CT molecular complexity index is 889. The fourth-order valence-electron chi connectivity index (χ4n) is 2.91. The first kappa shape index (κ1) is 20.5.